The number of morpholine rings is 1. The van der Waals surface area contributed by atoms with Crippen LogP contribution in [0.2, 0.25) is 0 Å². The molecule has 0 saturated carbocycles. The summed E-state index contributed by atoms with van der Waals surface area (Å²) in [6, 6.07) is 7.86. The quantitative estimate of drug-likeness (QED) is 0.864. The molecule has 1 aromatic rings. The van der Waals surface area contributed by atoms with Crippen molar-refractivity contribution < 1.29 is 14.3 Å². The van der Waals surface area contributed by atoms with Crippen LogP contribution in [0.15, 0.2) is 53.7 Å². The van der Waals surface area contributed by atoms with E-state index >= 15 is 0 Å². The molecular formula is C21H24N4O3. The fourth-order valence-electron chi connectivity index (χ4n) is 3.66. The van der Waals surface area contributed by atoms with Crippen molar-refractivity contribution in [3.63, 3.8) is 0 Å². The number of allylic oxidation sites excluding steroid dienone is 2. The number of amides is 2. The molecule has 3 aliphatic heterocycles. The molecule has 0 aliphatic carbocycles. The molecule has 1 fully saturated rings. The molecule has 1 unspecified atom stereocenters. The summed E-state index contributed by atoms with van der Waals surface area (Å²) in [4.78, 5) is 33.2. The number of hydrogen-bond donors (Lipinski definition) is 1. The molecule has 1 aromatic carbocycles. The van der Waals surface area contributed by atoms with Crippen molar-refractivity contribution in [2.24, 2.45) is 4.99 Å². The highest BCUT2D eigenvalue weighted by Gasteiger charge is 2.45. The predicted octanol–water partition coefficient (Wildman–Crippen LogP) is 1.93. The van der Waals surface area contributed by atoms with E-state index in [0.29, 0.717) is 11.5 Å². The van der Waals surface area contributed by atoms with Gasteiger partial charge in [0.25, 0.3) is 11.8 Å². The third-order valence-corrected chi connectivity index (χ3v) is 5.32. The van der Waals surface area contributed by atoms with E-state index in [1.54, 1.807) is 30.2 Å². The summed E-state index contributed by atoms with van der Waals surface area (Å²) >= 11 is 0. The summed E-state index contributed by atoms with van der Waals surface area (Å²) < 4.78 is 5.38. The summed E-state index contributed by atoms with van der Waals surface area (Å²) in [5.41, 5.74) is 0.893. The molecule has 0 spiro atoms. The van der Waals surface area contributed by atoms with Gasteiger partial charge in [-0.3, -0.25) is 14.5 Å². The molecular weight excluding hydrogens is 356 g/mol. The molecule has 7 heteroatoms. The van der Waals surface area contributed by atoms with Crippen LogP contribution in [0.25, 0.3) is 0 Å². The van der Waals surface area contributed by atoms with Crippen LogP contribution < -0.4 is 5.32 Å². The summed E-state index contributed by atoms with van der Waals surface area (Å²) in [6.45, 7) is 6.06. The Kier molecular flexibility index (Phi) is 5.11. The molecule has 0 radical (unpaired) electrons. The van der Waals surface area contributed by atoms with Gasteiger partial charge in [-0.1, -0.05) is 18.2 Å². The standard InChI is InChI=1S/C21H24N4O3/c1-21(14-19(26)23-18-4-2-3-9-25(18)21)20(27)22-17-7-5-16(6-8-17)15-24-10-12-28-13-11-24/h2-9H,10-15H2,1H3,(H,22,27). The zero-order valence-electron chi connectivity index (χ0n) is 15.9. The lowest BCUT2D eigenvalue weighted by atomic mass is 9.91. The first-order valence-electron chi connectivity index (χ1n) is 9.51. The lowest BCUT2D eigenvalue weighted by Crippen LogP contribution is -2.58. The van der Waals surface area contributed by atoms with Crippen molar-refractivity contribution in [2.75, 3.05) is 31.6 Å². The Bertz CT molecular complexity index is 853. The molecule has 28 heavy (non-hydrogen) atoms. The number of hydrogen-bond acceptors (Lipinski definition) is 5. The number of carbonyl (C=O) groups is 2. The van der Waals surface area contributed by atoms with Gasteiger partial charge in [0.2, 0.25) is 0 Å². The highest BCUT2D eigenvalue weighted by molar-refractivity contribution is 6.11. The van der Waals surface area contributed by atoms with Gasteiger partial charge in [0.1, 0.15) is 11.4 Å². The van der Waals surface area contributed by atoms with Crippen molar-refractivity contribution in [3.05, 3.63) is 54.3 Å². The summed E-state index contributed by atoms with van der Waals surface area (Å²) in [5.74, 6) is -0.0175. The number of nitrogens with one attached hydrogen (secondary N) is 1. The van der Waals surface area contributed by atoms with E-state index in [9.17, 15) is 9.59 Å². The third kappa shape index (κ3) is 3.76. The summed E-state index contributed by atoms with van der Waals surface area (Å²) in [6.07, 6.45) is 7.20. The Morgan fingerprint density at radius 2 is 1.96 bits per heavy atom. The van der Waals surface area contributed by atoms with Gasteiger partial charge in [-0.15, -0.1) is 0 Å². The average Bonchev–Trinajstić information content (AvgIpc) is 2.70. The van der Waals surface area contributed by atoms with E-state index in [1.807, 2.05) is 30.3 Å². The van der Waals surface area contributed by atoms with Crippen molar-refractivity contribution in [1.82, 2.24) is 9.80 Å². The molecule has 146 valence electrons. The van der Waals surface area contributed by atoms with E-state index in [1.165, 1.54) is 5.56 Å². The third-order valence-electron chi connectivity index (χ3n) is 5.32. The highest BCUT2D eigenvalue weighted by atomic mass is 16.5. The van der Waals surface area contributed by atoms with Gasteiger partial charge in [0, 0.05) is 31.5 Å². The fourth-order valence-corrected chi connectivity index (χ4v) is 3.66. The maximum atomic E-state index is 13.1. The fraction of sp³-hybridized carbons (Fsp3) is 0.381. The van der Waals surface area contributed by atoms with E-state index in [-0.39, 0.29) is 18.2 Å². The first kappa shape index (κ1) is 18.6. The van der Waals surface area contributed by atoms with Gasteiger partial charge in [-0.2, -0.15) is 4.99 Å². The molecule has 2 amide bonds. The SMILES string of the molecule is CC1(C(=O)Nc2ccc(CN3CCOCC3)cc2)CC(=O)N=C2C=CC=CN21. The average molecular weight is 380 g/mol. The second kappa shape index (κ2) is 7.69. The number of amidine groups is 1. The molecule has 7 nitrogen and oxygen atoms in total. The van der Waals surface area contributed by atoms with E-state index < -0.39 is 5.54 Å². The number of rotatable bonds is 4. The first-order chi connectivity index (χ1) is 13.5. The molecule has 1 N–H and O–H groups in total. The van der Waals surface area contributed by atoms with Gasteiger partial charge in [0.15, 0.2) is 0 Å². The van der Waals surface area contributed by atoms with Crippen LogP contribution in [0.1, 0.15) is 18.9 Å². The molecule has 4 rings (SSSR count). The lowest BCUT2D eigenvalue weighted by Gasteiger charge is -2.41. The van der Waals surface area contributed by atoms with Gasteiger partial charge >= 0.3 is 0 Å². The van der Waals surface area contributed by atoms with E-state index in [4.69, 9.17) is 4.74 Å². The molecule has 3 aliphatic rings. The predicted molar refractivity (Wildman–Crippen MR) is 107 cm³/mol. The van der Waals surface area contributed by atoms with Crippen LogP contribution in [-0.4, -0.2) is 59.3 Å². The zero-order valence-corrected chi connectivity index (χ0v) is 15.9. The summed E-state index contributed by atoms with van der Waals surface area (Å²) in [7, 11) is 0. The first-order valence-corrected chi connectivity index (χ1v) is 9.51. The molecule has 3 heterocycles. The van der Waals surface area contributed by atoms with E-state index in [0.717, 1.165) is 32.8 Å². The van der Waals surface area contributed by atoms with Crippen LogP contribution in [0, 0.1) is 0 Å². The van der Waals surface area contributed by atoms with Crippen molar-refractivity contribution in [3.8, 4) is 0 Å². The minimum absolute atomic E-state index is 0.0373. The van der Waals surface area contributed by atoms with Gasteiger partial charge < -0.3 is 15.0 Å². The number of nitrogens with zero attached hydrogens (tertiary/aromatic N) is 3. The molecule has 1 atom stereocenters. The number of aliphatic imine (C=N–C) groups is 1. The second-order valence-electron chi connectivity index (χ2n) is 7.42. The smallest absolute Gasteiger partial charge is 0.250 e. The van der Waals surface area contributed by atoms with Crippen LogP contribution >= 0.6 is 0 Å². The second-order valence-corrected chi connectivity index (χ2v) is 7.42. The normalized spacial score (nSPS) is 24.7. The Morgan fingerprint density at radius 3 is 2.71 bits per heavy atom. The van der Waals surface area contributed by atoms with Crippen molar-refractivity contribution in [2.45, 2.75) is 25.4 Å². The monoisotopic (exact) mass is 380 g/mol. The number of ether oxygens (including phenoxy) is 1. The van der Waals surface area contributed by atoms with Crippen molar-refractivity contribution in [1.29, 1.82) is 0 Å². The Balaban J connectivity index is 1.44. The molecule has 0 bridgehead atoms. The number of benzene rings is 1. The number of carbonyl (C=O) groups excluding carboxylic acids is 2. The largest absolute Gasteiger partial charge is 0.379 e. The highest BCUT2D eigenvalue weighted by Crippen LogP contribution is 2.29. The maximum absolute atomic E-state index is 13.1. The maximum Gasteiger partial charge on any atom is 0.250 e. The Morgan fingerprint density at radius 1 is 1.21 bits per heavy atom. The van der Waals surface area contributed by atoms with Gasteiger partial charge in [0.05, 0.1) is 19.6 Å². The van der Waals surface area contributed by atoms with Crippen LogP contribution in [0.4, 0.5) is 5.69 Å². The Hall–Kier alpha value is -2.77. The number of anilines is 1. The minimum atomic E-state index is -1.01. The van der Waals surface area contributed by atoms with Crippen molar-refractivity contribution >= 4 is 23.3 Å². The molecule has 1 saturated heterocycles. The minimum Gasteiger partial charge on any atom is -0.379 e. The van der Waals surface area contributed by atoms with E-state index in [2.05, 4.69) is 15.2 Å². The van der Waals surface area contributed by atoms with Gasteiger partial charge in [-0.25, -0.2) is 0 Å². The zero-order chi connectivity index (χ0) is 19.6. The Labute approximate surface area is 164 Å². The van der Waals surface area contributed by atoms with Crippen LogP contribution in [-0.2, 0) is 20.9 Å². The topological polar surface area (TPSA) is 74.2 Å². The van der Waals surface area contributed by atoms with Crippen LogP contribution in [0.5, 0.6) is 0 Å². The van der Waals surface area contributed by atoms with Gasteiger partial charge in [-0.05, 0) is 36.8 Å². The lowest BCUT2D eigenvalue weighted by molar-refractivity contribution is -0.130. The molecule has 0 aromatic heterocycles. The summed E-state index contributed by atoms with van der Waals surface area (Å²) in [5, 5.41) is 2.96. The van der Waals surface area contributed by atoms with Crippen LogP contribution in [0.3, 0.4) is 0 Å². The number of fused-ring (bicyclic) bond motifs is 1.